The Balaban J connectivity index is 0.000000845. The van der Waals surface area contributed by atoms with Crippen LogP contribution >= 0.6 is 12.4 Å². The van der Waals surface area contributed by atoms with E-state index in [1.54, 1.807) is 10.9 Å². The smallest absolute Gasteiger partial charge is 0.197 e. The fourth-order valence-corrected chi connectivity index (χ4v) is 1.10. The third-order valence-corrected chi connectivity index (χ3v) is 1.74. The summed E-state index contributed by atoms with van der Waals surface area (Å²) in [6, 6.07) is 1.91. The first-order valence-electron chi connectivity index (χ1n) is 3.89. The molecule has 0 amide bonds. The Morgan fingerprint density at radius 2 is 2.46 bits per heavy atom. The summed E-state index contributed by atoms with van der Waals surface area (Å²) in [5.74, 6) is 1.78. The molecule has 2 N–H and O–H groups in total. The van der Waals surface area contributed by atoms with Crippen molar-refractivity contribution in [2.24, 2.45) is 12.0 Å². The lowest BCUT2D eigenvalue weighted by molar-refractivity contribution is 0.777. The molecule has 0 radical (unpaired) electrons. The molecule has 0 atom stereocenters. The van der Waals surface area contributed by atoms with Crippen molar-refractivity contribution in [1.29, 1.82) is 0 Å². The van der Waals surface area contributed by atoms with Gasteiger partial charge >= 0.3 is 0 Å². The van der Waals surface area contributed by atoms with Gasteiger partial charge in [0.2, 0.25) is 0 Å². The highest BCUT2D eigenvalue weighted by Gasteiger charge is 2.05. The van der Waals surface area contributed by atoms with Gasteiger partial charge < -0.3 is 10.6 Å². The molecule has 2 rings (SSSR count). The Kier molecular flexibility index (Phi) is 3.13. The number of rotatable bonds is 1. The van der Waals surface area contributed by atoms with Gasteiger partial charge in [0.15, 0.2) is 5.96 Å². The molecule has 0 bridgehead atoms. The van der Waals surface area contributed by atoms with Crippen LogP contribution in [0, 0.1) is 0 Å². The van der Waals surface area contributed by atoms with Gasteiger partial charge in [-0.2, -0.15) is 5.10 Å². The number of halogens is 1. The Morgan fingerprint density at radius 1 is 1.62 bits per heavy atom. The Bertz CT molecular complexity index is 306. The number of aryl methyl sites for hydroxylation is 1. The second-order valence-electron chi connectivity index (χ2n) is 2.62. The maximum Gasteiger partial charge on any atom is 0.197 e. The number of nitrogens with one attached hydrogen (secondary N) is 2. The topological polar surface area (TPSA) is 54.2 Å². The normalized spacial score (nSPS) is 14.4. The van der Waals surface area contributed by atoms with Crippen molar-refractivity contribution in [2.45, 2.75) is 0 Å². The molecule has 72 valence electrons. The van der Waals surface area contributed by atoms with Crippen LogP contribution in [0.5, 0.6) is 0 Å². The van der Waals surface area contributed by atoms with Gasteiger partial charge in [-0.05, 0) is 0 Å². The summed E-state index contributed by atoms with van der Waals surface area (Å²) < 4.78 is 1.77. The molecule has 0 saturated carbocycles. The van der Waals surface area contributed by atoms with Crippen LogP contribution in [-0.2, 0) is 7.05 Å². The highest BCUT2D eigenvalue weighted by molar-refractivity contribution is 5.93. The zero-order chi connectivity index (χ0) is 8.39. The predicted octanol–water partition coefficient (Wildman–Crippen LogP) is 0.213. The Morgan fingerprint density at radius 3 is 3.00 bits per heavy atom. The predicted molar refractivity (Wildman–Crippen MR) is 54.4 cm³/mol. The molecule has 5 nitrogen and oxygen atoms in total. The van der Waals surface area contributed by atoms with Crippen molar-refractivity contribution in [3.63, 3.8) is 0 Å². The van der Waals surface area contributed by atoms with Crippen LogP contribution in [0.1, 0.15) is 0 Å². The number of hydrogen-bond donors (Lipinski definition) is 2. The maximum absolute atomic E-state index is 4.20. The third-order valence-electron chi connectivity index (χ3n) is 1.74. The lowest BCUT2D eigenvalue weighted by Crippen LogP contribution is -2.27. The maximum atomic E-state index is 4.20. The first-order chi connectivity index (χ1) is 5.86. The molecular formula is C7H12ClN5. The summed E-state index contributed by atoms with van der Waals surface area (Å²) in [6.07, 6.45) is 1.75. The summed E-state index contributed by atoms with van der Waals surface area (Å²) in [6.45, 7) is 1.76. The molecule has 0 fully saturated rings. The number of hydrogen-bond acceptors (Lipinski definition) is 4. The van der Waals surface area contributed by atoms with Gasteiger partial charge in [-0.1, -0.05) is 0 Å². The molecule has 13 heavy (non-hydrogen) atoms. The lowest BCUT2D eigenvalue weighted by atomic mass is 10.6. The quantitative estimate of drug-likeness (QED) is 0.683. The van der Waals surface area contributed by atoms with E-state index in [1.807, 2.05) is 13.1 Å². The SMILES string of the molecule is Cl.Cn1nccc1NC1=NCCN1. The molecule has 1 aromatic heterocycles. The van der Waals surface area contributed by atoms with Gasteiger partial charge in [-0.25, -0.2) is 0 Å². The minimum absolute atomic E-state index is 0. The molecule has 1 aliphatic heterocycles. The van der Waals surface area contributed by atoms with Gasteiger partial charge in [0.25, 0.3) is 0 Å². The molecule has 0 saturated heterocycles. The monoisotopic (exact) mass is 201 g/mol. The Labute approximate surface area is 82.6 Å². The highest BCUT2D eigenvalue weighted by atomic mass is 35.5. The highest BCUT2D eigenvalue weighted by Crippen LogP contribution is 2.03. The zero-order valence-electron chi connectivity index (χ0n) is 7.32. The molecular weight excluding hydrogens is 190 g/mol. The number of anilines is 1. The molecule has 0 aromatic carbocycles. The van der Waals surface area contributed by atoms with E-state index < -0.39 is 0 Å². The van der Waals surface area contributed by atoms with E-state index in [1.165, 1.54) is 0 Å². The van der Waals surface area contributed by atoms with Crippen molar-refractivity contribution in [3.8, 4) is 0 Å². The van der Waals surface area contributed by atoms with Gasteiger partial charge in [0.05, 0.1) is 12.7 Å². The lowest BCUT2D eigenvalue weighted by Gasteiger charge is -2.05. The minimum atomic E-state index is 0. The third kappa shape index (κ3) is 2.12. The molecule has 0 spiro atoms. The van der Waals surface area contributed by atoms with Gasteiger partial charge in [-0.3, -0.25) is 9.67 Å². The standard InChI is InChI=1S/C7H11N5.ClH/c1-12-6(2-3-10-12)11-7-8-4-5-9-7;/h2-3H,4-5H2,1H3,(H2,8,9,11);1H. The van der Waals surface area contributed by atoms with E-state index >= 15 is 0 Å². The second-order valence-corrected chi connectivity index (χ2v) is 2.62. The fourth-order valence-electron chi connectivity index (χ4n) is 1.10. The van der Waals surface area contributed by atoms with Crippen molar-refractivity contribution in [2.75, 3.05) is 18.4 Å². The largest absolute Gasteiger partial charge is 0.354 e. The van der Waals surface area contributed by atoms with E-state index in [4.69, 9.17) is 0 Å². The van der Waals surface area contributed by atoms with E-state index in [2.05, 4.69) is 20.7 Å². The van der Waals surface area contributed by atoms with E-state index in [0.29, 0.717) is 0 Å². The first kappa shape index (κ1) is 9.85. The summed E-state index contributed by atoms with van der Waals surface area (Å²) in [5, 5.41) is 10.3. The van der Waals surface area contributed by atoms with Crippen LogP contribution in [0.3, 0.4) is 0 Å². The van der Waals surface area contributed by atoms with Crippen molar-refractivity contribution in [1.82, 2.24) is 15.1 Å². The molecule has 0 unspecified atom stereocenters. The van der Waals surface area contributed by atoms with Crippen molar-refractivity contribution >= 4 is 24.2 Å². The van der Waals surface area contributed by atoms with Gasteiger partial charge in [-0.15, -0.1) is 12.4 Å². The van der Waals surface area contributed by atoms with Crippen LogP contribution in [0.2, 0.25) is 0 Å². The van der Waals surface area contributed by atoms with E-state index in [0.717, 1.165) is 24.9 Å². The zero-order valence-corrected chi connectivity index (χ0v) is 8.14. The van der Waals surface area contributed by atoms with Crippen molar-refractivity contribution in [3.05, 3.63) is 12.3 Å². The average Bonchev–Trinajstić information content (AvgIpc) is 2.65. The summed E-state index contributed by atoms with van der Waals surface area (Å²) in [4.78, 5) is 4.20. The minimum Gasteiger partial charge on any atom is -0.354 e. The van der Waals surface area contributed by atoms with Crippen LogP contribution in [0.25, 0.3) is 0 Å². The summed E-state index contributed by atoms with van der Waals surface area (Å²) >= 11 is 0. The van der Waals surface area contributed by atoms with Gasteiger partial charge in [0, 0.05) is 19.7 Å². The summed E-state index contributed by atoms with van der Waals surface area (Å²) in [7, 11) is 1.89. The number of guanidine groups is 1. The van der Waals surface area contributed by atoms with Crippen LogP contribution in [-0.4, -0.2) is 28.8 Å². The van der Waals surface area contributed by atoms with Crippen LogP contribution in [0.15, 0.2) is 17.3 Å². The van der Waals surface area contributed by atoms with Crippen molar-refractivity contribution < 1.29 is 0 Å². The van der Waals surface area contributed by atoms with Crippen LogP contribution < -0.4 is 10.6 Å². The molecule has 1 aliphatic rings. The average molecular weight is 202 g/mol. The number of aromatic nitrogens is 2. The fraction of sp³-hybridized carbons (Fsp3) is 0.429. The van der Waals surface area contributed by atoms with E-state index in [9.17, 15) is 0 Å². The van der Waals surface area contributed by atoms with Crippen LogP contribution in [0.4, 0.5) is 5.82 Å². The number of aliphatic imine (C=N–C) groups is 1. The van der Waals surface area contributed by atoms with Gasteiger partial charge in [0.1, 0.15) is 5.82 Å². The molecule has 0 aliphatic carbocycles. The molecule has 6 heteroatoms. The molecule has 1 aromatic rings. The second kappa shape index (κ2) is 4.13. The molecule has 2 heterocycles. The van der Waals surface area contributed by atoms with E-state index in [-0.39, 0.29) is 12.4 Å². The first-order valence-corrected chi connectivity index (χ1v) is 3.89. The Hall–Kier alpha value is -1.23. The number of nitrogens with zero attached hydrogens (tertiary/aromatic N) is 3. The summed E-state index contributed by atoms with van der Waals surface area (Å²) in [5.41, 5.74) is 0.